The molecule has 5 aromatic carbocycles. The molecule has 216 valence electrons. The molecule has 1 aliphatic heterocycles. The number of hydrogen-bond acceptors (Lipinski definition) is 5. The Morgan fingerprint density at radius 1 is 0.791 bits per heavy atom. The van der Waals surface area contributed by atoms with Gasteiger partial charge >= 0.3 is 0 Å². The van der Waals surface area contributed by atoms with Gasteiger partial charge < -0.3 is 24.2 Å². The molecule has 5 nitrogen and oxygen atoms in total. The molecule has 0 saturated carbocycles. The molecule has 0 aromatic heterocycles. The normalized spacial score (nSPS) is 16.6. The Kier molecular flexibility index (Phi) is 6.63. The highest BCUT2D eigenvalue weighted by molar-refractivity contribution is 6.06. The van der Waals surface area contributed by atoms with Gasteiger partial charge in [0.25, 0.3) is 0 Å². The van der Waals surface area contributed by atoms with Crippen molar-refractivity contribution in [3.63, 3.8) is 0 Å². The summed E-state index contributed by atoms with van der Waals surface area (Å²) in [6, 6.07) is 29.4. The summed E-state index contributed by atoms with van der Waals surface area (Å²) in [5, 5.41) is 11.9. The molecule has 2 aliphatic rings. The standard InChI is InChI=1S/C38H35NO4/c1-39(2)28-11-7-26(8-12-28)38(27-9-13-29(41-3)14-10-27)20-19-34-32-17-6-25-21-24(23-40)5-16-31(25)36(32)33-18-15-30(42-4)22-35(33)37(34)43-38/h5,7-16,18-22,40H,6,17,23H2,1-4H3. The monoisotopic (exact) mass is 569 g/mol. The van der Waals surface area contributed by atoms with Gasteiger partial charge in [-0.05, 0) is 94.6 Å². The summed E-state index contributed by atoms with van der Waals surface area (Å²) < 4.78 is 18.5. The van der Waals surface area contributed by atoms with E-state index in [-0.39, 0.29) is 6.61 Å². The topological polar surface area (TPSA) is 51.2 Å². The van der Waals surface area contributed by atoms with E-state index in [4.69, 9.17) is 14.2 Å². The number of aliphatic hydroxyl groups is 1. The lowest BCUT2D eigenvalue weighted by Crippen LogP contribution is -2.34. The molecule has 0 fully saturated rings. The average molecular weight is 570 g/mol. The summed E-state index contributed by atoms with van der Waals surface area (Å²) in [6.07, 6.45) is 6.27. The van der Waals surface area contributed by atoms with Gasteiger partial charge in [0.05, 0.1) is 20.8 Å². The molecule has 0 bridgehead atoms. The minimum absolute atomic E-state index is 0.0435. The van der Waals surface area contributed by atoms with Crippen LogP contribution in [0.2, 0.25) is 0 Å². The molecular weight excluding hydrogens is 534 g/mol. The molecule has 0 saturated heterocycles. The van der Waals surface area contributed by atoms with Crippen LogP contribution in [0.25, 0.3) is 28.0 Å². The minimum atomic E-state index is -0.850. The van der Waals surface area contributed by atoms with Crippen LogP contribution in [-0.4, -0.2) is 33.4 Å². The molecule has 0 amide bonds. The van der Waals surface area contributed by atoms with Gasteiger partial charge in [0, 0.05) is 41.9 Å². The maximum atomic E-state index is 9.78. The van der Waals surface area contributed by atoms with E-state index >= 15 is 0 Å². The quantitative estimate of drug-likeness (QED) is 0.229. The Balaban J connectivity index is 1.49. The fourth-order valence-corrected chi connectivity index (χ4v) is 6.66. The summed E-state index contributed by atoms with van der Waals surface area (Å²) in [7, 11) is 7.48. The van der Waals surface area contributed by atoms with Gasteiger partial charge in [-0.1, -0.05) is 48.5 Å². The van der Waals surface area contributed by atoms with Crippen LogP contribution in [0.1, 0.15) is 33.4 Å². The number of nitrogens with zero attached hydrogens (tertiary/aromatic N) is 1. The predicted octanol–water partition coefficient (Wildman–Crippen LogP) is 7.53. The van der Waals surface area contributed by atoms with Crippen LogP contribution in [0.4, 0.5) is 5.69 Å². The molecule has 5 heteroatoms. The number of rotatable bonds is 6. The molecule has 1 N–H and O–H groups in total. The fraction of sp³-hybridized carbons (Fsp3) is 0.211. The molecule has 7 rings (SSSR count). The van der Waals surface area contributed by atoms with Crippen LogP contribution in [0, 0.1) is 0 Å². The van der Waals surface area contributed by atoms with Gasteiger partial charge in [-0.15, -0.1) is 0 Å². The smallest absolute Gasteiger partial charge is 0.178 e. The Bertz CT molecular complexity index is 1870. The van der Waals surface area contributed by atoms with Crippen molar-refractivity contribution in [1.82, 2.24) is 0 Å². The molecule has 0 radical (unpaired) electrons. The second-order valence-corrected chi connectivity index (χ2v) is 11.5. The fourth-order valence-electron chi connectivity index (χ4n) is 6.66. The lowest BCUT2D eigenvalue weighted by atomic mass is 9.77. The van der Waals surface area contributed by atoms with E-state index < -0.39 is 5.60 Å². The third kappa shape index (κ3) is 4.34. The number of benzene rings is 5. The van der Waals surface area contributed by atoms with Crippen molar-refractivity contribution in [1.29, 1.82) is 0 Å². The van der Waals surface area contributed by atoms with Crippen molar-refractivity contribution >= 4 is 22.5 Å². The van der Waals surface area contributed by atoms with E-state index in [0.29, 0.717) is 0 Å². The molecule has 1 heterocycles. The zero-order valence-corrected chi connectivity index (χ0v) is 25.0. The van der Waals surface area contributed by atoms with Crippen molar-refractivity contribution in [2.45, 2.75) is 25.0 Å². The number of hydrogen-bond donors (Lipinski definition) is 1. The molecule has 0 spiro atoms. The third-order valence-electron chi connectivity index (χ3n) is 8.96. The number of ether oxygens (including phenoxy) is 3. The number of methoxy groups -OCH3 is 2. The zero-order chi connectivity index (χ0) is 29.7. The van der Waals surface area contributed by atoms with Crippen LogP contribution in [0.15, 0.2) is 91.0 Å². The van der Waals surface area contributed by atoms with Gasteiger partial charge in [-0.3, -0.25) is 0 Å². The van der Waals surface area contributed by atoms with Crippen molar-refractivity contribution in [2.24, 2.45) is 0 Å². The van der Waals surface area contributed by atoms with Crippen LogP contribution in [0.5, 0.6) is 17.2 Å². The maximum Gasteiger partial charge on any atom is 0.178 e. The number of aliphatic hydroxyl groups excluding tert-OH is 1. The average Bonchev–Trinajstić information content (AvgIpc) is 3.07. The van der Waals surface area contributed by atoms with E-state index in [1.807, 2.05) is 38.4 Å². The summed E-state index contributed by atoms with van der Waals surface area (Å²) in [5.41, 5.74) is 9.41. The molecular formula is C38H35NO4. The number of anilines is 1. The molecule has 1 unspecified atom stereocenters. The Hall–Kier alpha value is -4.74. The van der Waals surface area contributed by atoms with Crippen molar-refractivity contribution in [3.8, 4) is 28.4 Å². The van der Waals surface area contributed by atoms with Crippen LogP contribution >= 0.6 is 0 Å². The summed E-state index contributed by atoms with van der Waals surface area (Å²) >= 11 is 0. The highest BCUT2D eigenvalue weighted by Crippen LogP contribution is 2.52. The minimum Gasteiger partial charge on any atom is -0.497 e. The first kappa shape index (κ1) is 27.1. The molecule has 43 heavy (non-hydrogen) atoms. The Morgan fingerprint density at radius 3 is 2.16 bits per heavy atom. The largest absolute Gasteiger partial charge is 0.497 e. The van der Waals surface area contributed by atoms with Gasteiger partial charge in [-0.25, -0.2) is 0 Å². The van der Waals surface area contributed by atoms with Crippen molar-refractivity contribution in [3.05, 3.63) is 124 Å². The van der Waals surface area contributed by atoms with E-state index in [2.05, 4.69) is 77.7 Å². The highest BCUT2D eigenvalue weighted by Gasteiger charge is 2.39. The maximum absolute atomic E-state index is 9.78. The Morgan fingerprint density at radius 2 is 1.49 bits per heavy atom. The van der Waals surface area contributed by atoms with E-state index in [0.717, 1.165) is 68.8 Å². The lowest BCUT2D eigenvalue weighted by Gasteiger charge is -2.38. The number of fused-ring (bicyclic) bond motifs is 8. The molecule has 5 aromatic rings. The Labute approximate surface area is 252 Å². The summed E-state index contributed by atoms with van der Waals surface area (Å²) in [4.78, 5) is 2.10. The first-order chi connectivity index (χ1) is 21.0. The third-order valence-corrected chi connectivity index (χ3v) is 8.96. The molecule has 1 aliphatic carbocycles. The van der Waals surface area contributed by atoms with Crippen LogP contribution < -0.4 is 19.1 Å². The van der Waals surface area contributed by atoms with Gasteiger partial charge in [0.15, 0.2) is 5.60 Å². The van der Waals surface area contributed by atoms with Crippen molar-refractivity contribution < 1.29 is 19.3 Å². The van der Waals surface area contributed by atoms with Crippen molar-refractivity contribution in [2.75, 3.05) is 33.2 Å². The van der Waals surface area contributed by atoms with Gasteiger partial charge in [0.1, 0.15) is 17.2 Å². The van der Waals surface area contributed by atoms with E-state index in [9.17, 15) is 5.11 Å². The van der Waals surface area contributed by atoms with Crippen LogP contribution in [0.3, 0.4) is 0 Å². The molecule has 1 atom stereocenters. The first-order valence-corrected chi connectivity index (χ1v) is 14.7. The second-order valence-electron chi connectivity index (χ2n) is 11.5. The van der Waals surface area contributed by atoms with Gasteiger partial charge in [-0.2, -0.15) is 0 Å². The highest BCUT2D eigenvalue weighted by atomic mass is 16.5. The second kappa shape index (κ2) is 10.5. The summed E-state index contributed by atoms with van der Waals surface area (Å²) in [6.45, 7) is 0.0435. The van der Waals surface area contributed by atoms with E-state index in [1.165, 1.54) is 22.3 Å². The lowest BCUT2D eigenvalue weighted by molar-refractivity contribution is 0.163. The van der Waals surface area contributed by atoms with Gasteiger partial charge in [0.2, 0.25) is 0 Å². The predicted molar refractivity (Wildman–Crippen MR) is 173 cm³/mol. The van der Waals surface area contributed by atoms with E-state index in [1.54, 1.807) is 14.2 Å². The summed E-state index contributed by atoms with van der Waals surface area (Å²) in [5.74, 6) is 2.44. The first-order valence-electron chi connectivity index (χ1n) is 14.7. The number of aryl methyl sites for hydroxylation is 1. The zero-order valence-electron chi connectivity index (χ0n) is 25.0. The van der Waals surface area contributed by atoms with Crippen LogP contribution in [-0.2, 0) is 25.0 Å². The SMILES string of the molecule is COc1ccc(C2(c3ccc(N(C)C)cc3)C=Cc3c4c(c5ccc(OC)cc5c3O2)-c2ccc(CO)cc2CC4)cc1.